The largest absolute Gasteiger partial charge is 0.497 e. The highest BCUT2D eigenvalue weighted by Gasteiger charge is 2.30. The molecular weight excluding hydrogens is 414 g/mol. The van der Waals surface area contributed by atoms with Crippen molar-refractivity contribution in [1.82, 2.24) is 23.9 Å². The predicted molar refractivity (Wildman–Crippen MR) is 116 cm³/mol. The van der Waals surface area contributed by atoms with Crippen LogP contribution in [0.15, 0.2) is 48.9 Å². The molecule has 1 atom stereocenters. The second kappa shape index (κ2) is 8.09. The van der Waals surface area contributed by atoms with Gasteiger partial charge in [-0.3, -0.25) is 4.79 Å². The van der Waals surface area contributed by atoms with Gasteiger partial charge < -0.3 is 18.8 Å². The van der Waals surface area contributed by atoms with E-state index in [1.165, 1.54) is 11.5 Å². The summed E-state index contributed by atoms with van der Waals surface area (Å²) in [6.07, 6.45) is 3.54. The van der Waals surface area contributed by atoms with E-state index in [4.69, 9.17) is 9.47 Å². The third kappa shape index (κ3) is 3.66. The number of carbonyl (C=O) groups is 1. The van der Waals surface area contributed by atoms with Gasteiger partial charge in [0.05, 0.1) is 42.7 Å². The van der Waals surface area contributed by atoms with E-state index in [1.54, 1.807) is 18.3 Å². The zero-order valence-electron chi connectivity index (χ0n) is 17.2. The number of hydrogen-bond acceptors (Lipinski definition) is 7. The van der Waals surface area contributed by atoms with Gasteiger partial charge in [0.25, 0.3) is 5.91 Å². The van der Waals surface area contributed by atoms with E-state index in [9.17, 15) is 4.79 Å². The number of imidazole rings is 1. The SMILES string of the molecule is COc1ccc(-c2ccc3c([C@H]4CN(C(=O)c5nnsc5C)CCO4)ncn3c2)cc1. The van der Waals surface area contributed by atoms with Gasteiger partial charge in [0.15, 0.2) is 5.69 Å². The smallest absolute Gasteiger partial charge is 0.275 e. The molecule has 0 saturated carbocycles. The molecule has 0 N–H and O–H groups in total. The first-order chi connectivity index (χ1) is 15.1. The highest BCUT2D eigenvalue weighted by atomic mass is 32.1. The van der Waals surface area contributed by atoms with Crippen LogP contribution in [0.1, 0.15) is 27.2 Å². The number of aryl methyl sites for hydroxylation is 1. The van der Waals surface area contributed by atoms with Gasteiger partial charge in [0.2, 0.25) is 0 Å². The average Bonchev–Trinajstić information content (AvgIpc) is 3.44. The molecule has 1 fully saturated rings. The molecule has 158 valence electrons. The third-order valence-electron chi connectivity index (χ3n) is 5.50. The average molecular weight is 436 g/mol. The molecule has 9 heteroatoms. The van der Waals surface area contributed by atoms with E-state index >= 15 is 0 Å². The topological polar surface area (TPSA) is 81.8 Å². The number of pyridine rings is 1. The predicted octanol–water partition coefficient (Wildman–Crippen LogP) is 3.38. The minimum Gasteiger partial charge on any atom is -0.497 e. The molecule has 0 bridgehead atoms. The van der Waals surface area contributed by atoms with Crippen molar-refractivity contribution in [2.24, 2.45) is 0 Å². The summed E-state index contributed by atoms with van der Waals surface area (Å²) in [5, 5.41) is 3.99. The van der Waals surface area contributed by atoms with Crippen LogP contribution in [-0.4, -0.2) is 56.6 Å². The van der Waals surface area contributed by atoms with Crippen LogP contribution < -0.4 is 4.74 Å². The standard InChI is InChI=1S/C22H21N5O3S/c1-14-20(24-25-31-14)22(28)26-9-10-30-19(12-26)21-18-8-5-16(11-27(18)13-23-21)15-3-6-17(29-2)7-4-15/h3-8,11,13,19H,9-10,12H2,1-2H3/t19-/m1/s1. The maximum atomic E-state index is 12.8. The Morgan fingerprint density at radius 2 is 2.00 bits per heavy atom. The van der Waals surface area contributed by atoms with Crippen LogP contribution in [0.3, 0.4) is 0 Å². The summed E-state index contributed by atoms with van der Waals surface area (Å²) in [6.45, 7) is 3.28. The first-order valence-corrected chi connectivity index (χ1v) is 10.7. The zero-order chi connectivity index (χ0) is 21.4. The fourth-order valence-corrected chi connectivity index (χ4v) is 4.26. The van der Waals surface area contributed by atoms with E-state index < -0.39 is 0 Å². The van der Waals surface area contributed by atoms with Gasteiger partial charge in [0, 0.05) is 12.7 Å². The molecule has 0 spiro atoms. The maximum absolute atomic E-state index is 12.8. The van der Waals surface area contributed by atoms with Crippen molar-refractivity contribution in [1.29, 1.82) is 0 Å². The molecular formula is C22H21N5O3S. The Balaban J connectivity index is 1.39. The molecule has 3 aromatic heterocycles. The van der Waals surface area contributed by atoms with Gasteiger partial charge in [0.1, 0.15) is 11.9 Å². The van der Waals surface area contributed by atoms with Crippen molar-refractivity contribution >= 4 is 23.0 Å². The number of morpholine rings is 1. The van der Waals surface area contributed by atoms with Crippen molar-refractivity contribution in [3.05, 3.63) is 65.2 Å². The molecule has 31 heavy (non-hydrogen) atoms. The molecule has 0 unspecified atom stereocenters. The van der Waals surface area contributed by atoms with Crippen molar-refractivity contribution in [2.75, 3.05) is 26.8 Å². The highest BCUT2D eigenvalue weighted by molar-refractivity contribution is 7.05. The summed E-state index contributed by atoms with van der Waals surface area (Å²) >= 11 is 1.24. The molecule has 4 aromatic rings. The second-order valence-corrected chi connectivity index (χ2v) is 8.32. The van der Waals surface area contributed by atoms with Crippen LogP contribution in [0.5, 0.6) is 5.75 Å². The quantitative estimate of drug-likeness (QED) is 0.489. The van der Waals surface area contributed by atoms with Crippen LogP contribution in [0.2, 0.25) is 0 Å². The molecule has 0 aliphatic carbocycles. The summed E-state index contributed by atoms with van der Waals surface area (Å²) in [4.78, 5) is 20.1. The van der Waals surface area contributed by atoms with E-state index in [1.807, 2.05) is 47.9 Å². The fourth-order valence-electron chi connectivity index (χ4n) is 3.80. The molecule has 1 saturated heterocycles. The lowest BCUT2D eigenvalue weighted by Crippen LogP contribution is -2.42. The number of rotatable bonds is 4. The lowest BCUT2D eigenvalue weighted by Gasteiger charge is -2.32. The Morgan fingerprint density at radius 1 is 1.19 bits per heavy atom. The van der Waals surface area contributed by atoms with Gasteiger partial charge in [-0.1, -0.05) is 22.7 Å². The van der Waals surface area contributed by atoms with Crippen molar-refractivity contribution in [3.63, 3.8) is 0 Å². The minimum atomic E-state index is -0.290. The highest BCUT2D eigenvalue weighted by Crippen LogP contribution is 2.29. The number of benzene rings is 1. The number of aromatic nitrogens is 4. The van der Waals surface area contributed by atoms with Gasteiger partial charge >= 0.3 is 0 Å². The summed E-state index contributed by atoms with van der Waals surface area (Å²) in [7, 11) is 1.66. The molecule has 1 aliphatic rings. The number of ether oxygens (including phenoxy) is 2. The normalized spacial score (nSPS) is 16.6. The minimum absolute atomic E-state index is 0.107. The van der Waals surface area contributed by atoms with Crippen LogP contribution in [-0.2, 0) is 4.74 Å². The van der Waals surface area contributed by atoms with Crippen LogP contribution in [0, 0.1) is 6.92 Å². The Bertz CT molecular complexity index is 1230. The molecule has 8 nitrogen and oxygen atoms in total. The molecule has 1 amide bonds. The van der Waals surface area contributed by atoms with E-state index in [0.29, 0.717) is 25.4 Å². The van der Waals surface area contributed by atoms with E-state index in [-0.39, 0.29) is 12.0 Å². The first kappa shape index (κ1) is 19.7. The Morgan fingerprint density at radius 3 is 2.74 bits per heavy atom. The third-order valence-corrected chi connectivity index (χ3v) is 6.13. The van der Waals surface area contributed by atoms with Gasteiger partial charge in [-0.15, -0.1) is 5.10 Å². The Hall–Kier alpha value is -3.30. The monoisotopic (exact) mass is 435 g/mol. The number of carbonyl (C=O) groups excluding carboxylic acids is 1. The molecule has 1 aliphatic heterocycles. The van der Waals surface area contributed by atoms with Crippen LogP contribution >= 0.6 is 11.5 Å². The maximum Gasteiger partial charge on any atom is 0.275 e. The number of amides is 1. The summed E-state index contributed by atoms with van der Waals surface area (Å²) < 4.78 is 17.1. The molecule has 0 radical (unpaired) electrons. The number of nitrogens with zero attached hydrogens (tertiary/aromatic N) is 5. The van der Waals surface area contributed by atoms with Crippen LogP contribution in [0.25, 0.3) is 16.6 Å². The first-order valence-electron chi connectivity index (χ1n) is 9.95. The molecule has 1 aromatic carbocycles. The molecule has 5 rings (SSSR count). The van der Waals surface area contributed by atoms with Crippen molar-refractivity contribution in [2.45, 2.75) is 13.0 Å². The number of hydrogen-bond donors (Lipinski definition) is 0. The fraction of sp³-hybridized carbons (Fsp3) is 0.273. The van der Waals surface area contributed by atoms with E-state index in [0.717, 1.165) is 33.0 Å². The second-order valence-electron chi connectivity index (χ2n) is 7.36. The Labute approximate surface area is 183 Å². The lowest BCUT2D eigenvalue weighted by atomic mass is 10.1. The lowest BCUT2D eigenvalue weighted by molar-refractivity contribution is -0.0241. The van der Waals surface area contributed by atoms with Gasteiger partial charge in [-0.2, -0.15) is 0 Å². The summed E-state index contributed by atoms with van der Waals surface area (Å²) in [5.41, 5.74) is 4.38. The van der Waals surface area contributed by atoms with Crippen LogP contribution in [0.4, 0.5) is 0 Å². The number of methoxy groups -OCH3 is 1. The zero-order valence-corrected chi connectivity index (χ0v) is 18.0. The van der Waals surface area contributed by atoms with Gasteiger partial charge in [-0.05, 0) is 47.8 Å². The van der Waals surface area contributed by atoms with Crippen molar-refractivity contribution in [3.8, 4) is 16.9 Å². The summed E-state index contributed by atoms with van der Waals surface area (Å²) in [5.74, 6) is 0.719. The van der Waals surface area contributed by atoms with E-state index in [2.05, 4.69) is 20.6 Å². The Kier molecular flexibility index (Phi) is 5.13. The van der Waals surface area contributed by atoms with Crippen molar-refractivity contribution < 1.29 is 14.3 Å². The molecule has 4 heterocycles. The van der Waals surface area contributed by atoms with Gasteiger partial charge in [-0.25, -0.2) is 4.98 Å². The summed E-state index contributed by atoms with van der Waals surface area (Å²) in [6, 6.07) is 12.1. The number of fused-ring (bicyclic) bond motifs is 1.